The molecule has 31 heavy (non-hydrogen) atoms. The van der Waals surface area contributed by atoms with Crippen molar-refractivity contribution in [3.8, 4) is 5.75 Å². The third-order valence-electron chi connectivity index (χ3n) is 6.93. The Morgan fingerprint density at radius 2 is 1.52 bits per heavy atom. The normalized spacial score (nSPS) is 20.1. The Balaban J connectivity index is 2.12. The van der Waals surface area contributed by atoms with Gasteiger partial charge in [0.05, 0.1) is 17.3 Å². The molecule has 1 aromatic carbocycles. The van der Waals surface area contributed by atoms with Crippen LogP contribution >= 0.6 is 0 Å². The van der Waals surface area contributed by atoms with E-state index in [1.807, 2.05) is 24.3 Å². The van der Waals surface area contributed by atoms with Crippen molar-refractivity contribution in [2.75, 3.05) is 6.61 Å². The van der Waals surface area contributed by atoms with E-state index in [1.54, 1.807) is 0 Å². The highest BCUT2D eigenvalue weighted by molar-refractivity contribution is 6.74. The van der Waals surface area contributed by atoms with Crippen molar-refractivity contribution in [2.24, 2.45) is 5.41 Å². The highest BCUT2D eigenvalue weighted by Gasteiger charge is 2.51. The van der Waals surface area contributed by atoms with E-state index in [4.69, 9.17) is 18.5 Å². The molecule has 1 aromatic rings. The first kappa shape index (κ1) is 26.4. The maximum absolute atomic E-state index is 6.75. The van der Waals surface area contributed by atoms with Crippen LogP contribution < -0.4 is 10.2 Å². The number of rotatable bonds is 7. The van der Waals surface area contributed by atoms with Crippen LogP contribution in [0.5, 0.6) is 5.75 Å². The summed E-state index contributed by atoms with van der Waals surface area (Å²) in [7, 11) is -2.28. The summed E-state index contributed by atoms with van der Waals surface area (Å²) >= 11 is 0. The highest BCUT2D eigenvalue weighted by atomic mass is 28.4. The van der Waals surface area contributed by atoms with E-state index in [-0.39, 0.29) is 34.9 Å². The zero-order chi connectivity index (χ0) is 23.9. The van der Waals surface area contributed by atoms with Crippen molar-refractivity contribution < 1.29 is 18.5 Å². The molecule has 0 radical (unpaired) electrons. The molecule has 0 spiro atoms. The zero-order valence-electron chi connectivity index (χ0n) is 22.0. The van der Waals surface area contributed by atoms with Gasteiger partial charge in [0.25, 0.3) is 0 Å². The van der Waals surface area contributed by atoms with E-state index < -0.39 is 8.32 Å². The third kappa shape index (κ3) is 6.83. The molecule has 0 aromatic heterocycles. The van der Waals surface area contributed by atoms with Gasteiger partial charge in [0, 0.05) is 0 Å². The maximum atomic E-state index is 6.75. The van der Waals surface area contributed by atoms with E-state index in [2.05, 4.69) is 82.3 Å². The number of hydrogen-bond acceptors (Lipinski definition) is 4. The van der Waals surface area contributed by atoms with Gasteiger partial charge in [0.2, 0.25) is 0 Å². The van der Waals surface area contributed by atoms with Crippen LogP contribution in [0.25, 0.3) is 0 Å². The van der Waals surface area contributed by atoms with Gasteiger partial charge in [-0.2, -0.15) is 0 Å². The van der Waals surface area contributed by atoms with Crippen LogP contribution in [-0.2, 0) is 13.7 Å². The van der Waals surface area contributed by atoms with Crippen molar-refractivity contribution in [3.05, 3.63) is 24.3 Å². The lowest BCUT2D eigenvalue weighted by Crippen LogP contribution is -2.46. The van der Waals surface area contributed by atoms with E-state index in [9.17, 15) is 0 Å². The first-order valence-electron chi connectivity index (χ1n) is 11.6. The van der Waals surface area contributed by atoms with Crippen LogP contribution in [0.4, 0.5) is 0 Å². The molecule has 1 atom stereocenters. The van der Waals surface area contributed by atoms with Crippen LogP contribution in [-0.4, -0.2) is 39.3 Å². The number of benzene rings is 1. The number of hydrogen-bond donors (Lipinski definition) is 0. The minimum absolute atomic E-state index is 0.0568. The summed E-state index contributed by atoms with van der Waals surface area (Å²) in [6.45, 7) is 27.1. The van der Waals surface area contributed by atoms with Crippen molar-refractivity contribution in [1.82, 2.24) is 0 Å². The van der Waals surface area contributed by atoms with E-state index in [0.29, 0.717) is 6.61 Å². The van der Waals surface area contributed by atoms with Crippen LogP contribution in [0.3, 0.4) is 0 Å². The predicted octanol–water partition coefficient (Wildman–Crippen LogP) is 6.19. The molecule has 1 unspecified atom stereocenters. The first-order chi connectivity index (χ1) is 13.8. The molecule has 0 bridgehead atoms. The second-order valence-corrected chi connectivity index (χ2v) is 17.5. The van der Waals surface area contributed by atoms with E-state index in [1.165, 1.54) is 0 Å². The maximum Gasteiger partial charge on any atom is 0.494 e. The fourth-order valence-corrected chi connectivity index (χ4v) is 4.67. The molecule has 0 N–H and O–H groups in total. The topological polar surface area (TPSA) is 36.9 Å². The third-order valence-corrected chi connectivity index (χ3v) is 11.5. The van der Waals surface area contributed by atoms with E-state index in [0.717, 1.165) is 17.6 Å². The Morgan fingerprint density at radius 1 is 0.968 bits per heavy atom. The van der Waals surface area contributed by atoms with Gasteiger partial charge in [0.1, 0.15) is 12.4 Å². The molecule has 1 aliphatic heterocycles. The first-order valence-corrected chi connectivity index (χ1v) is 14.5. The average molecular weight is 449 g/mol. The summed E-state index contributed by atoms with van der Waals surface area (Å²) in [6, 6.07) is 8.06. The van der Waals surface area contributed by atoms with Crippen molar-refractivity contribution in [1.29, 1.82) is 0 Å². The monoisotopic (exact) mass is 448 g/mol. The molecule has 6 heteroatoms. The standard InChI is InChI=1S/C25H45BO4Si/c1-22(2,3)17-21(28-31(11,12)23(4,5)6)18-27-20-15-13-14-19(16-20)26-29-24(7,8)25(9,10)30-26/h13-16,21H,17-18H2,1-12H3. The van der Waals surface area contributed by atoms with Gasteiger partial charge in [-0.3, -0.25) is 0 Å². The lowest BCUT2D eigenvalue weighted by molar-refractivity contribution is 0.00578. The summed E-state index contributed by atoms with van der Waals surface area (Å²) < 4.78 is 25.4. The molecule has 1 aliphatic rings. The van der Waals surface area contributed by atoms with Crippen molar-refractivity contribution >= 4 is 20.9 Å². The predicted molar refractivity (Wildman–Crippen MR) is 134 cm³/mol. The molecule has 176 valence electrons. The Morgan fingerprint density at radius 3 is 2.00 bits per heavy atom. The van der Waals surface area contributed by atoms with Gasteiger partial charge in [-0.15, -0.1) is 0 Å². The molecule has 1 saturated heterocycles. The van der Waals surface area contributed by atoms with Crippen LogP contribution in [0.2, 0.25) is 18.1 Å². The van der Waals surface area contributed by atoms with E-state index >= 15 is 0 Å². The van der Waals surface area contributed by atoms with Gasteiger partial charge in [0.15, 0.2) is 8.32 Å². The zero-order valence-corrected chi connectivity index (χ0v) is 23.0. The fourth-order valence-electron chi connectivity index (χ4n) is 3.33. The molecule has 2 rings (SSSR count). The van der Waals surface area contributed by atoms with Gasteiger partial charge in [-0.25, -0.2) is 0 Å². The summed E-state index contributed by atoms with van der Waals surface area (Å²) in [6.07, 6.45) is 1.01. The quantitative estimate of drug-likeness (QED) is 0.466. The Labute approximate surface area is 192 Å². The molecule has 4 nitrogen and oxygen atoms in total. The molecular formula is C25H45BO4Si. The minimum Gasteiger partial charge on any atom is -0.491 e. The molecule has 0 amide bonds. The lowest BCUT2D eigenvalue weighted by Gasteiger charge is -2.40. The van der Waals surface area contributed by atoms with Crippen molar-refractivity contribution in [3.63, 3.8) is 0 Å². The van der Waals surface area contributed by atoms with Gasteiger partial charge >= 0.3 is 7.12 Å². The Hall–Kier alpha value is -0.818. The second-order valence-electron chi connectivity index (χ2n) is 12.7. The Bertz CT molecular complexity index is 731. The molecule has 1 heterocycles. The molecule has 0 saturated carbocycles. The minimum atomic E-state index is -1.89. The lowest BCUT2D eigenvalue weighted by atomic mass is 9.79. The molecule has 0 aliphatic carbocycles. The van der Waals surface area contributed by atoms with Gasteiger partial charge in [-0.05, 0) is 75.3 Å². The SMILES string of the molecule is CC(C)(C)CC(COc1cccc(B2OC(C)(C)C(C)(C)O2)c1)O[Si](C)(C)C(C)(C)C. The van der Waals surface area contributed by atoms with Gasteiger partial charge in [-0.1, -0.05) is 53.7 Å². The fraction of sp³-hybridized carbons (Fsp3) is 0.760. The average Bonchev–Trinajstić information content (AvgIpc) is 2.78. The van der Waals surface area contributed by atoms with Crippen LogP contribution in [0.15, 0.2) is 24.3 Å². The van der Waals surface area contributed by atoms with Crippen LogP contribution in [0, 0.1) is 5.41 Å². The molecule has 1 fully saturated rings. The smallest absolute Gasteiger partial charge is 0.491 e. The van der Waals surface area contributed by atoms with Gasteiger partial charge < -0.3 is 18.5 Å². The largest absolute Gasteiger partial charge is 0.494 e. The Kier molecular flexibility index (Phi) is 7.54. The highest BCUT2D eigenvalue weighted by Crippen LogP contribution is 2.39. The summed E-state index contributed by atoms with van der Waals surface area (Å²) in [5.41, 5.74) is 0.432. The number of ether oxygens (including phenoxy) is 1. The summed E-state index contributed by atoms with van der Waals surface area (Å²) in [4.78, 5) is 0. The van der Waals surface area contributed by atoms with Crippen LogP contribution in [0.1, 0.15) is 75.7 Å². The van der Waals surface area contributed by atoms with Crippen molar-refractivity contribution in [2.45, 2.75) is 111 Å². The summed E-state index contributed by atoms with van der Waals surface area (Å²) in [5, 5.41) is 0.166. The second kappa shape index (κ2) is 8.85. The summed E-state index contributed by atoms with van der Waals surface area (Å²) in [5.74, 6) is 0.824. The molecular weight excluding hydrogens is 403 g/mol.